The minimum absolute atomic E-state index is 0.177. The van der Waals surface area contributed by atoms with Crippen LogP contribution >= 0.6 is 0 Å². The third-order valence-electron chi connectivity index (χ3n) is 6.32. The normalized spacial score (nSPS) is 16.2. The van der Waals surface area contributed by atoms with E-state index < -0.39 is 0 Å². The molecule has 0 aromatic heterocycles. The predicted octanol–water partition coefficient (Wildman–Crippen LogP) is 8.28. The van der Waals surface area contributed by atoms with Gasteiger partial charge in [0.05, 0.1) is 0 Å². The van der Waals surface area contributed by atoms with Crippen LogP contribution in [0.15, 0.2) is 48.6 Å². The Labute approximate surface area is 212 Å². The Balaban J connectivity index is 0.000000213. The van der Waals surface area contributed by atoms with Crippen molar-refractivity contribution in [3.8, 4) is 11.1 Å². The van der Waals surface area contributed by atoms with Crippen molar-refractivity contribution in [3.05, 3.63) is 83.0 Å². The van der Waals surface area contributed by atoms with Crippen LogP contribution in [0.4, 0.5) is 0 Å². The summed E-state index contributed by atoms with van der Waals surface area (Å²) in [5, 5.41) is 0. The summed E-state index contributed by atoms with van der Waals surface area (Å²) in [6.07, 6.45) is 14.1. The molecule has 3 aliphatic rings. The Morgan fingerprint density at radius 1 is 0.875 bits per heavy atom. The second-order valence-corrected chi connectivity index (χ2v) is 18.6. The topological polar surface area (TPSA) is 0 Å². The van der Waals surface area contributed by atoms with Crippen molar-refractivity contribution >= 4 is 5.43 Å². The molecule has 0 unspecified atom stereocenters. The second kappa shape index (κ2) is 11.0. The fourth-order valence-electron chi connectivity index (χ4n) is 4.13. The van der Waals surface area contributed by atoms with Gasteiger partial charge in [-0.15, -0.1) is 12.0 Å². The molecule has 0 atom stereocenters. The van der Waals surface area contributed by atoms with Crippen molar-refractivity contribution in [1.82, 2.24) is 0 Å². The maximum atomic E-state index is 3.53. The molecular formula is C30H38SiZr. The first kappa shape index (κ1) is 25.6. The molecular weight excluding hydrogens is 480 g/mol. The standard InChI is InChI=1S/C21H25.C5H5.C4H8Si.Zr/c1-20(2,3)16-9-7-14-11-15-8-10-17(21(4,5)6)13-19(15)18(14)12-16;2*1-2-4-5-3-1;/h7,9-10,12-13H,11H2,1-6H3;1-3H,4H2;1-4H2;/q2*-1;;+2. The molecule has 2 aromatic carbocycles. The van der Waals surface area contributed by atoms with Crippen LogP contribution in [0.5, 0.6) is 0 Å². The van der Waals surface area contributed by atoms with E-state index in [1.165, 1.54) is 33.4 Å². The molecule has 0 saturated carbocycles. The summed E-state index contributed by atoms with van der Waals surface area (Å²) in [5.74, 6) is 0. The van der Waals surface area contributed by atoms with E-state index in [9.17, 15) is 0 Å². The third kappa shape index (κ3) is 7.01. The summed E-state index contributed by atoms with van der Waals surface area (Å²) < 4.78 is 0. The molecule has 1 fully saturated rings. The van der Waals surface area contributed by atoms with Gasteiger partial charge in [-0.1, -0.05) is 76.3 Å². The molecule has 0 N–H and O–H groups in total. The number of hydrogen-bond donors (Lipinski definition) is 0. The molecule has 0 bridgehead atoms. The zero-order valence-corrected chi connectivity index (χ0v) is 24.3. The van der Waals surface area contributed by atoms with E-state index in [2.05, 4.69) is 90.1 Å². The van der Waals surface area contributed by atoms with Crippen LogP contribution in [0.3, 0.4) is 0 Å². The summed E-state index contributed by atoms with van der Waals surface area (Å²) in [4.78, 5) is 0. The number of fused-ring (bicyclic) bond motifs is 3. The number of benzene rings is 2. The Morgan fingerprint density at radius 2 is 1.53 bits per heavy atom. The van der Waals surface area contributed by atoms with E-state index in [4.69, 9.17) is 0 Å². The van der Waals surface area contributed by atoms with Gasteiger partial charge in [0.2, 0.25) is 0 Å². The molecule has 1 saturated heterocycles. The van der Waals surface area contributed by atoms with Gasteiger partial charge in [-0.05, 0) is 17.4 Å². The third-order valence-corrected chi connectivity index (χ3v) is 11.9. The average Bonchev–Trinajstić information content (AvgIpc) is 3.49. The molecule has 32 heavy (non-hydrogen) atoms. The molecule has 1 heterocycles. The Morgan fingerprint density at radius 3 is 2.00 bits per heavy atom. The molecule has 2 aromatic rings. The minimum atomic E-state index is 0.177. The monoisotopic (exact) mass is 516 g/mol. The van der Waals surface area contributed by atoms with Gasteiger partial charge in [0.25, 0.3) is 0 Å². The average molecular weight is 518 g/mol. The number of allylic oxidation sites excluding steroid dienone is 4. The van der Waals surface area contributed by atoms with E-state index in [0.717, 1.165) is 12.8 Å². The van der Waals surface area contributed by atoms with Crippen molar-refractivity contribution in [3.63, 3.8) is 0 Å². The summed E-state index contributed by atoms with van der Waals surface area (Å²) in [7, 11) is 0. The first-order chi connectivity index (χ1) is 15.1. The predicted molar refractivity (Wildman–Crippen MR) is 137 cm³/mol. The van der Waals surface area contributed by atoms with Gasteiger partial charge in [-0.25, -0.2) is 12.2 Å². The van der Waals surface area contributed by atoms with Crippen LogP contribution in [0.1, 0.15) is 83.1 Å². The zero-order valence-electron chi connectivity index (χ0n) is 20.9. The Hall–Kier alpha value is -0.980. The van der Waals surface area contributed by atoms with Crippen molar-refractivity contribution in [2.75, 3.05) is 0 Å². The SMILES string of the molecule is CC(C)(C)c1c[c-]c2c(c1)-c1cc(C(C)(C)C)ccc1C2.[C-]1=CC=CC1.[Zr+2]=[Si]1CCCC1. The van der Waals surface area contributed by atoms with Crippen LogP contribution in [0.2, 0.25) is 12.1 Å². The molecule has 1 aliphatic heterocycles. The fraction of sp³-hybridized carbons (Fsp3) is 0.467. The molecule has 5 rings (SSSR count). The molecule has 166 valence electrons. The summed E-state index contributed by atoms with van der Waals surface area (Å²) in [6, 6.07) is 18.3. The summed E-state index contributed by atoms with van der Waals surface area (Å²) >= 11 is 1.87. The van der Waals surface area contributed by atoms with Gasteiger partial charge >= 0.3 is 53.7 Å². The van der Waals surface area contributed by atoms with Crippen LogP contribution in [-0.2, 0) is 40.6 Å². The molecule has 2 aliphatic carbocycles. The van der Waals surface area contributed by atoms with E-state index >= 15 is 0 Å². The van der Waals surface area contributed by atoms with Crippen LogP contribution in [0, 0.1) is 12.1 Å². The molecule has 2 heteroatoms. The molecule has 0 nitrogen and oxygen atoms in total. The van der Waals surface area contributed by atoms with E-state index in [-0.39, 0.29) is 10.8 Å². The zero-order chi connectivity index (χ0) is 23.4. The molecule has 0 spiro atoms. The molecule has 0 amide bonds. The number of rotatable bonds is 0. The first-order valence-electron chi connectivity index (χ1n) is 12.0. The van der Waals surface area contributed by atoms with Gasteiger partial charge < -0.3 is 0 Å². The first-order valence-corrected chi connectivity index (χ1v) is 17.6. The van der Waals surface area contributed by atoms with Crippen LogP contribution < -0.4 is 0 Å². The second-order valence-electron chi connectivity index (χ2n) is 11.1. The Kier molecular flexibility index (Phi) is 8.78. The summed E-state index contributed by atoms with van der Waals surface area (Å²) in [6.45, 7) is 13.6. The van der Waals surface area contributed by atoms with Crippen molar-refractivity contribution in [1.29, 1.82) is 0 Å². The van der Waals surface area contributed by atoms with Crippen LogP contribution in [-0.4, -0.2) is 5.43 Å². The molecule has 0 radical (unpaired) electrons. The quantitative estimate of drug-likeness (QED) is 0.208. The van der Waals surface area contributed by atoms with Gasteiger partial charge in [-0.2, -0.15) is 35.4 Å². The van der Waals surface area contributed by atoms with Crippen molar-refractivity contribution in [2.45, 2.75) is 90.1 Å². The Bertz CT molecular complexity index is 933. The van der Waals surface area contributed by atoms with Gasteiger partial charge in [0, 0.05) is 0 Å². The maximum absolute atomic E-state index is 3.53. The van der Waals surface area contributed by atoms with Crippen molar-refractivity contribution in [2.24, 2.45) is 0 Å². The fourth-order valence-corrected chi connectivity index (χ4v) is 8.34. The van der Waals surface area contributed by atoms with Gasteiger partial charge in [-0.3, -0.25) is 6.08 Å². The van der Waals surface area contributed by atoms with E-state index in [1.807, 2.05) is 35.5 Å². The van der Waals surface area contributed by atoms with Gasteiger partial charge in [0.1, 0.15) is 0 Å². The van der Waals surface area contributed by atoms with Crippen LogP contribution in [0.25, 0.3) is 11.1 Å². The van der Waals surface area contributed by atoms with E-state index in [1.54, 1.807) is 24.9 Å². The van der Waals surface area contributed by atoms with Gasteiger partial charge in [0.15, 0.2) is 0 Å². The number of hydrogen-bond acceptors (Lipinski definition) is 0. The van der Waals surface area contributed by atoms with E-state index in [0.29, 0.717) is 5.43 Å². The summed E-state index contributed by atoms with van der Waals surface area (Å²) in [5.41, 5.74) is 9.09. The van der Waals surface area contributed by atoms with Crippen molar-refractivity contribution < 1.29 is 23.3 Å².